The number of ether oxygens (including phenoxy) is 1. The van der Waals surface area contributed by atoms with Crippen LogP contribution in [0.3, 0.4) is 0 Å². The Morgan fingerprint density at radius 1 is 1.06 bits per heavy atom. The molecule has 3 aromatic rings. The van der Waals surface area contributed by atoms with Crippen molar-refractivity contribution in [2.75, 3.05) is 43.5 Å². The van der Waals surface area contributed by atoms with Gasteiger partial charge in [0.1, 0.15) is 5.82 Å². The first-order chi connectivity index (χ1) is 17.1. The van der Waals surface area contributed by atoms with E-state index in [0.717, 1.165) is 58.5 Å². The first-order valence-electron chi connectivity index (χ1n) is 12.2. The van der Waals surface area contributed by atoms with Crippen LogP contribution in [0, 0.1) is 11.7 Å². The zero-order valence-corrected chi connectivity index (χ0v) is 19.6. The molecule has 1 aliphatic heterocycles. The molecule has 1 saturated heterocycles. The Morgan fingerprint density at radius 2 is 1.83 bits per heavy atom. The Balaban J connectivity index is 0.00000190. The Morgan fingerprint density at radius 3 is 2.57 bits per heavy atom. The average Bonchev–Trinajstić information content (AvgIpc) is 3.34. The van der Waals surface area contributed by atoms with E-state index in [1.807, 2.05) is 6.07 Å². The standard InChI is InChI=1S/C26H30FN5O3.2H2/c27-23-16-21(28-24(33)19-4-2-1-3-5-19)10-11-22(23)25-30-31-26(35-25)29-20-8-6-18(7-9-20)17-32-12-14-34-15-13-32;;/h1-5,10-11,16,18,20H,6-9,12-15,17H2,(H,28,33)(H,29,31);2*1H. The number of rotatable bonds is 7. The zero-order valence-electron chi connectivity index (χ0n) is 19.6. The quantitative estimate of drug-likeness (QED) is 0.493. The van der Waals surface area contributed by atoms with Gasteiger partial charge in [-0.2, -0.15) is 0 Å². The van der Waals surface area contributed by atoms with Gasteiger partial charge in [-0.25, -0.2) is 4.39 Å². The third-order valence-corrected chi connectivity index (χ3v) is 6.71. The van der Waals surface area contributed by atoms with Crippen LogP contribution in [0.5, 0.6) is 0 Å². The molecule has 0 radical (unpaired) electrons. The molecule has 5 rings (SSSR count). The van der Waals surface area contributed by atoms with Crippen LogP contribution in [0.25, 0.3) is 11.5 Å². The van der Waals surface area contributed by atoms with Crippen molar-refractivity contribution in [3.63, 3.8) is 0 Å². The molecule has 9 heteroatoms. The summed E-state index contributed by atoms with van der Waals surface area (Å²) in [5, 5.41) is 14.1. The highest BCUT2D eigenvalue weighted by molar-refractivity contribution is 6.04. The number of halogens is 1. The van der Waals surface area contributed by atoms with E-state index in [1.165, 1.54) is 12.1 Å². The molecule has 2 aliphatic rings. The normalized spacial score (nSPS) is 20.9. The molecule has 0 atom stereocenters. The molecule has 2 aromatic carbocycles. The van der Waals surface area contributed by atoms with Crippen molar-refractivity contribution >= 4 is 17.6 Å². The number of benzene rings is 2. The molecule has 2 fully saturated rings. The van der Waals surface area contributed by atoms with Gasteiger partial charge in [0, 0.05) is 39.8 Å². The topological polar surface area (TPSA) is 92.5 Å². The van der Waals surface area contributed by atoms with Crippen LogP contribution in [-0.2, 0) is 4.74 Å². The van der Waals surface area contributed by atoms with Gasteiger partial charge in [0.2, 0.25) is 0 Å². The molecule has 2 heterocycles. The number of carbonyl (C=O) groups excluding carboxylic acids is 1. The van der Waals surface area contributed by atoms with Crippen molar-refractivity contribution < 1.29 is 21.2 Å². The Labute approximate surface area is 206 Å². The molecule has 0 spiro atoms. The van der Waals surface area contributed by atoms with E-state index in [9.17, 15) is 9.18 Å². The van der Waals surface area contributed by atoms with Crippen LogP contribution in [0.1, 0.15) is 38.9 Å². The second-order valence-electron chi connectivity index (χ2n) is 9.20. The number of hydrogen-bond acceptors (Lipinski definition) is 7. The fraction of sp³-hybridized carbons (Fsp3) is 0.423. The lowest BCUT2D eigenvalue weighted by Gasteiger charge is -2.34. The van der Waals surface area contributed by atoms with Gasteiger partial charge in [-0.05, 0) is 61.9 Å². The highest BCUT2D eigenvalue weighted by Gasteiger charge is 2.25. The van der Waals surface area contributed by atoms with E-state index in [-0.39, 0.29) is 26.3 Å². The first kappa shape index (κ1) is 23.4. The predicted molar refractivity (Wildman–Crippen MR) is 135 cm³/mol. The van der Waals surface area contributed by atoms with Crippen LogP contribution in [-0.4, -0.2) is 59.9 Å². The van der Waals surface area contributed by atoms with Gasteiger partial charge >= 0.3 is 6.01 Å². The van der Waals surface area contributed by atoms with E-state index >= 15 is 0 Å². The van der Waals surface area contributed by atoms with Gasteiger partial charge in [-0.3, -0.25) is 9.69 Å². The number of hydrogen-bond donors (Lipinski definition) is 2. The minimum atomic E-state index is -0.547. The second kappa shape index (κ2) is 11.0. The lowest BCUT2D eigenvalue weighted by molar-refractivity contribution is 0.0276. The van der Waals surface area contributed by atoms with Gasteiger partial charge in [-0.15, -0.1) is 5.10 Å². The van der Waals surface area contributed by atoms with Crippen molar-refractivity contribution in [1.29, 1.82) is 0 Å². The fourth-order valence-electron chi connectivity index (χ4n) is 4.76. The zero-order chi connectivity index (χ0) is 24.0. The number of amides is 1. The third kappa shape index (κ3) is 6.04. The van der Waals surface area contributed by atoms with Gasteiger partial charge in [0.05, 0.1) is 18.8 Å². The lowest BCUT2D eigenvalue weighted by Crippen LogP contribution is -2.40. The number of nitrogens with zero attached hydrogens (tertiary/aromatic N) is 3. The van der Waals surface area contributed by atoms with Crippen molar-refractivity contribution in [3.05, 3.63) is 59.9 Å². The largest absolute Gasteiger partial charge is 0.403 e. The number of aromatic nitrogens is 2. The van der Waals surface area contributed by atoms with Gasteiger partial charge in [-0.1, -0.05) is 23.3 Å². The fourth-order valence-corrected chi connectivity index (χ4v) is 4.76. The minimum Gasteiger partial charge on any atom is -0.403 e. The summed E-state index contributed by atoms with van der Waals surface area (Å²) in [4.78, 5) is 14.8. The monoisotopic (exact) mass is 483 g/mol. The van der Waals surface area contributed by atoms with Crippen molar-refractivity contribution in [1.82, 2.24) is 15.1 Å². The molecular weight excluding hydrogens is 449 g/mol. The van der Waals surface area contributed by atoms with E-state index in [0.29, 0.717) is 23.2 Å². The predicted octanol–water partition coefficient (Wildman–Crippen LogP) is 4.92. The summed E-state index contributed by atoms with van der Waals surface area (Å²) < 4.78 is 25.9. The maximum atomic E-state index is 14.8. The molecule has 35 heavy (non-hydrogen) atoms. The summed E-state index contributed by atoms with van der Waals surface area (Å²) in [6.45, 7) is 4.87. The van der Waals surface area contributed by atoms with Crippen molar-refractivity contribution in [3.8, 4) is 11.5 Å². The van der Waals surface area contributed by atoms with Crippen LogP contribution >= 0.6 is 0 Å². The first-order valence-corrected chi connectivity index (χ1v) is 12.2. The van der Waals surface area contributed by atoms with E-state index in [4.69, 9.17) is 9.15 Å². The molecule has 1 aromatic heterocycles. The van der Waals surface area contributed by atoms with Gasteiger partial charge in [0.25, 0.3) is 11.8 Å². The van der Waals surface area contributed by atoms with Gasteiger partial charge < -0.3 is 19.8 Å². The second-order valence-corrected chi connectivity index (χ2v) is 9.20. The van der Waals surface area contributed by atoms with Crippen molar-refractivity contribution in [2.45, 2.75) is 31.7 Å². The van der Waals surface area contributed by atoms with E-state index < -0.39 is 5.82 Å². The van der Waals surface area contributed by atoms with Crippen LogP contribution < -0.4 is 10.6 Å². The molecule has 0 unspecified atom stereocenters. The number of carbonyl (C=O) groups is 1. The van der Waals surface area contributed by atoms with E-state index in [2.05, 4.69) is 25.7 Å². The average molecular weight is 484 g/mol. The number of morpholine rings is 1. The summed E-state index contributed by atoms with van der Waals surface area (Å²) in [5.41, 5.74) is 1.05. The smallest absolute Gasteiger partial charge is 0.315 e. The Bertz CT molecular complexity index is 1140. The molecular formula is C26H34FN5O3. The molecule has 2 N–H and O–H groups in total. The summed E-state index contributed by atoms with van der Waals surface area (Å²) in [5.74, 6) is -0.0392. The van der Waals surface area contributed by atoms with Crippen molar-refractivity contribution in [2.24, 2.45) is 5.92 Å². The maximum Gasteiger partial charge on any atom is 0.315 e. The molecule has 188 valence electrons. The number of anilines is 2. The number of nitrogens with one attached hydrogen (secondary N) is 2. The summed E-state index contributed by atoms with van der Waals surface area (Å²) in [6.07, 6.45) is 4.38. The molecule has 0 bridgehead atoms. The third-order valence-electron chi connectivity index (χ3n) is 6.71. The summed E-state index contributed by atoms with van der Waals surface area (Å²) in [7, 11) is 0. The minimum absolute atomic E-state index is 0. The van der Waals surface area contributed by atoms with Crippen LogP contribution in [0.4, 0.5) is 16.1 Å². The van der Waals surface area contributed by atoms with Gasteiger partial charge in [0.15, 0.2) is 0 Å². The van der Waals surface area contributed by atoms with Crippen LogP contribution in [0.2, 0.25) is 0 Å². The maximum absolute atomic E-state index is 14.8. The van der Waals surface area contributed by atoms with Crippen LogP contribution in [0.15, 0.2) is 52.9 Å². The molecule has 8 nitrogen and oxygen atoms in total. The molecule has 1 amide bonds. The highest BCUT2D eigenvalue weighted by atomic mass is 19.1. The molecule has 1 saturated carbocycles. The summed E-state index contributed by atoms with van der Waals surface area (Å²) >= 11 is 0. The Kier molecular flexibility index (Phi) is 7.34. The Hall–Kier alpha value is -3.30. The molecule has 1 aliphatic carbocycles. The highest BCUT2D eigenvalue weighted by Crippen LogP contribution is 2.29. The summed E-state index contributed by atoms with van der Waals surface area (Å²) in [6, 6.07) is 13.7. The SMILES string of the molecule is O=C(Nc1ccc(-c2nnc(NC3CCC(CN4CCOCC4)CC3)o2)c(F)c1)c1ccccc1.[HH].[HH]. The lowest BCUT2D eigenvalue weighted by atomic mass is 9.85. The van der Waals surface area contributed by atoms with E-state index in [1.54, 1.807) is 30.3 Å².